The summed E-state index contributed by atoms with van der Waals surface area (Å²) in [5.74, 6) is 0.247. The van der Waals surface area contributed by atoms with E-state index >= 15 is 0 Å². The maximum Gasteiger partial charge on any atom is 0.115 e. The molecular weight excluding hydrogens is 350 g/mol. The molecule has 0 bridgehead atoms. The van der Waals surface area contributed by atoms with Gasteiger partial charge in [-0.2, -0.15) is 0 Å². The molecule has 1 unspecified atom stereocenters. The van der Waals surface area contributed by atoms with E-state index < -0.39 is 0 Å². The SMILES string of the molecule is CN=CC(=CN)c1ccc2c(c1)C(Nc1ccc(O)cc1)CCN/C2=C(/C)N. The van der Waals surface area contributed by atoms with Crippen molar-refractivity contribution in [2.24, 2.45) is 16.5 Å². The topological polar surface area (TPSA) is 109 Å². The highest BCUT2D eigenvalue weighted by Crippen LogP contribution is 2.34. The molecule has 1 atom stereocenters. The Balaban J connectivity index is 2.09. The van der Waals surface area contributed by atoms with Crippen molar-refractivity contribution < 1.29 is 5.11 Å². The van der Waals surface area contributed by atoms with E-state index in [0.717, 1.165) is 52.3 Å². The summed E-state index contributed by atoms with van der Waals surface area (Å²) in [7, 11) is 1.73. The lowest BCUT2D eigenvalue weighted by atomic mass is 9.92. The molecule has 0 fully saturated rings. The van der Waals surface area contributed by atoms with Crippen molar-refractivity contribution in [3.05, 3.63) is 71.1 Å². The van der Waals surface area contributed by atoms with E-state index in [9.17, 15) is 5.11 Å². The number of benzene rings is 2. The minimum atomic E-state index is 0.0708. The summed E-state index contributed by atoms with van der Waals surface area (Å²) in [5.41, 5.74) is 18.7. The molecule has 0 aromatic heterocycles. The number of hydrogen-bond acceptors (Lipinski definition) is 6. The van der Waals surface area contributed by atoms with Crippen molar-refractivity contribution in [3.8, 4) is 5.75 Å². The monoisotopic (exact) mass is 377 g/mol. The van der Waals surface area contributed by atoms with E-state index in [4.69, 9.17) is 11.5 Å². The summed E-state index contributed by atoms with van der Waals surface area (Å²) >= 11 is 0. The van der Waals surface area contributed by atoms with Crippen LogP contribution >= 0.6 is 0 Å². The van der Waals surface area contributed by atoms with Crippen LogP contribution in [0.25, 0.3) is 11.3 Å². The summed E-state index contributed by atoms with van der Waals surface area (Å²) in [6.45, 7) is 2.70. The Morgan fingerprint density at radius 3 is 2.64 bits per heavy atom. The molecule has 28 heavy (non-hydrogen) atoms. The Kier molecular flexibility index (Phi) is 5.89. The van der Waals surface area contributed by atoms with Crippen LogP contribution < -0.4 is 22.1 Å². The fourth-order valence-electron chi connectivity index (χ4n) is 3.46. The van der Waals surface area contributed by atoms with Crippen LogP contribution in [-0.4, -0.2) is 24.9 Å². The molecule has 0 aliphatic carbocycles. The van der Waals surface area contributed by atoms with E-state index in [1.165, 1.54) is 0 Å². The maximum atomic E-state index is 9.55. The third kappa shape index (κ3) is 4.11. The lowest BCUT2D eigenvalue weighted by Crippen LogP contribution is -2.16. The third-order valence-corrected chi connectivity index (χ3v) is 4.81. The largest absolute Gasteiger partial charge is 0.508 e. The predicted octanol–water partition coefficient (Wildman–Crippen LogP) is 3.19. The second kappa shape index (κ2) is 8.52. The minimum absolute atomic E-state index is 0.0708. The average molecular weight is 377 g/mol. The second-order valence-electron chi connectivity index (χ2n) is 6.83. The fourth-order valence-corrected chi connectivity index (χ4v) is 3.46. The van der Waals surface area contributed by atoms with E-state index in [2.05, 4.69) is 27.8 Å². The molecule has 1 aliphatic heterocycles. The fraction of sp³-hybridized carbons (Fsp3) is 0.227. The Hall–Kier alpha value is -3.41. The number of phenols is 1. The van der Waals surface area contributed by atoms with Gasteiger partial charge in [-0.3, -0.25) is 4.99 Å². The van der Waals surface area contributed by atoms with Gasteiger partial charge in [-0.25, -0.2) is 0 Å². The van der Waals surface area contributed by atoms with E-state index in [1.54, 1.807) is 31.6 Å². The zero-order valence-corrected chi connectivity index (χ0v) is 16.2. The molecule has 6 heteroatoms. The number of aliphatic imine (C=N–C) groups is 1. The van der Waals surface area contributed by atoms with E-state index in [1.807, 2.05) is 25.1 Å². The van der Waals surface area contributed by atoms with Gasteiger partial charge in [0.15, 0.2) is 0 Å². The van der Waals surface area contributed by atoms with E-state index in [-0.39, 0.29) is 11.8 Å². The van der Waals surface area contributed by atoms with Crippen molar-refractivity contribution in [1.29, 1.82) is 0 Å². The first-order valence-electron chi connectivity index (χ1n) is 9.28. The molecule has 0 radical (unpaired) electrons. The van der Waals surface area contributed by atoms with Gasteiger partial charge in [-0.15, -0.1) is 0 Å². The number of allylic oxidation sites excluding steroid dienone is 2. The number of nitrogens with zero attached hydrogens (tertiary/aromatic N) is 1. The Labute approximate surface area is 165 Å². The summed E-state index contributed by atoms with van der Waals surface area (Å²) < 4.78 is 0. The third-order valence-electron chi connectivity index (χ3n) is 4.81. The van der Waals surface area contributed by atoms with Crippen LogP contribution in [0.15, 0.2) is 59.4 Å². The number of aromatic hydroxyl groups is 1. The highest BCUT2D eigenvalue weighted by atomic mass is 16.3. The van der Waals surface area contributed by atoms with Crippen LogP contribution in [0.2, 0.25) is 0 Å². The van der Waals surface area contributed by atoms with Gasteiger partial charge < -0.3 is 27.2 Å². The lowest BCUT2D eigenvalue weighted by molar-refractivity contribution is 0.475. The van der Waals surface area contributed by atoms with Crippen LogP contribution in [0, 0.1) is 0 Å². The van der Waals surface area contributed by atoms with Gasteiger partial charge in [-0.05, 0) is 54.8 Å². The number of phenolic OH excluding ortho intramolecular Hbond substituents is 1. The van der Waals surface area contributed by atoms with Gasteiger partial charge in [0.25, 0.3) is 0 Å². The first kappa shape index (κ1) is 19.4. The van der Waals surface area contributed by atoms with Crippen molar-refractivity contribution in [2.75, 3.05) is 18.9 Å². The van der Waals surface area contributed by atoms with Crippen molar-refractivity contribution >= 4 is 23.2 Å². The van der Waals surface area contributed by atoms with Crippen LogP contribution in [-0.2, 0) is 0 Å². The van der Waals surface area contributed by atoms with Crippen LogP contribution in [0.1, 0.15) is 36.1 Å². The summed E-state index contributed by atoms with van der Waals surface area (Å²) in [5, 5.41) is 16.6. The zero-order valence-electron chi connectivity index (χ0n) is 16.2. The Morgan fingerprint density at radius 2 is 2.00 bits per heavy atom. The van der Waals surface area contributed by atoms with Crippen molar-refractivity contribution in [2.45, 2.75) is 19.4 Å². The maximum absolute atomic E-state index is 9.55. The number of hydrogen-bond donors (Lipinski definition) is 5. The second-order valence-corrected chi connectivity index (χ2v) is 6.83. The molecule has 1 heterocycles. The molecule has 7 N–H and O–H groups in total. The highest BCUT2D eigenvalue weighted by Gasteiger charge is 2.23. The minimum Gasteiger partial charge on any atom is -0.508 e. The molecule has 0 amide bonds. The number of anilines is 1. The quantitative estimate of drug-likeness (QED) is 0.415. The number of fused-ring (bicyclic) bond motifs is 1. The van der Waals surface area contributed by atoms with Gasteiger partial charge in [-0.1, -0.05) is 12.1 Å². The first-order valence-corrected chi connectivity index (χ1v) is 9.28. The van der Waals surface area contributed by atoms with Gasteiger partial charge in [0.1, 0.15) is 5.75 Å². The summed E-state index contributed by atoms with van der Waals surface area (Å²) in [6.07, 6.45) is 4.19. The average Bonchev–Trinajstić information content (AvgIpc) is 2.87. The molecule has 1 aliphatic rings. The Bertz CT molecular complexity index is 924. The zero-order chi connectivity index (χ0) is 20.1. The molecule has 0 spiro atoms. The lowest BCUT2D eigenvalue weighted by Gasteiger charge is -2.21. The predicted molar refractivity (Wildman–Crippen MR) is 117 cm³/mol. The van der Waals surface area contributed by atoms with Crippen LogP contribution in [0.5, 0.6) is 5.75 Å². The standard InChI is InChI=1S/C22H27N5O/c1-14(24)22-19-8-3-15(16(12-23)13-25-2)11-20(19)21(9-10-26-22)27-17-4-6-18(28)7-5-17/h3-8,11-13,21,26-28H,9-10,23-24H2,1-2H3/b16-12?,22-14-,25-13?. The molecule has 2 aromatic rings. The molecule has 146 valence electrons. The van der Waals surface area contributed by atoms with Gasteiger partial charge in [0.2, 0.25) is 0 Å². The van der Waals surface area contributed by atoms with E-state index in [0.29, 0.717) is 0 Å². The number of nitrogens with two attached hydrogens (primary N) is 2. The molecular formula is C22H27N5O. The molecule has 3 rings (SSSR count). The normalized spacial score (nSPS) is 18.9. The van der Waals surface area contributed by atoms with Crippen molar-refractivity contribution in [1.82, 2.24) is 5.32 Å². The summed E-state index contributed by atoms with van der Waals surface area (Å²) in [4.78, 5) is 4.10. The number of nitrogens with one attached hydrogen (secondary N) is 2. The highest BCUT2D eigenvalue weighted by molar-refractivity contribution is 6.09. The van der Waals surface area contributed by atoms with Crippen molar-refractivity contribution in [3.63, 3.8) is 0 Å². The van der Waals surface area contributed by atoms with Gasteiger partial charge in [0, 0.05) is 48.5 Å². The first-order chi connectivity index (χ1) is 13.5. The summed E-state index contributed by atoms with van der Waals surface area (Å²) in [6, 6.07) is 13.4. The van der Waals surface area contributed by atoms with Crippen LogP contribution in [0.3, 0.4) is 0 Å². The van der Waals surface area contributed by atoms with Crippen LogP contribution in [0.4, 0.5) is 5.69 Å². The Morgan fingerprint density at radius 1 is 1.25 bits per heavy atom. The van der Waals surface area contributed by atoms with Gasteiger partial charge in [0.05, 0.1) is 11.7 Å². The molecule has 0 saturated heterocycles. The molecule has 2 aromatic carbocycles. The number of rotatable bonds is 4. The molecule has 0 saturated carbocycles. The van der Waals surface area contributed by atoms with Gasteiger partial charge >= 0.3 is 0 Å². The molecule has 6 nitrogen and oxygen atoms in total. The smallest absolute Gasteiger partial charge is 0.115 e.